The van der Waals surface area contributed by atoms with Crippen LogP contribution >= 0.6 is 0 Å². The molecule has 23 heavy (non-hydrogen) atoms. The van der Waals surface area contributed by atoms with Crippen molar-refractivity contribution in [3.63, 3.8) is 0 Å². The number of aromatic carboxylic acids is 1. The van der Waals surface area contributed by atoms with E-state index in [1.807, 2.05) is 0 Å². The Labute approximate surface area is 133 Å². The summed E-state index contributed by atoms with van der Waals surface area (Å²) in [4.78, 5) is 11.3. The van der Waals surface area contributed by atoms with Crippen molar-refractivity contribution in [2.75, 3.05) is 33.0 Å². The van der Waals surface area contributed by atoms with Crippen LogP contribution in [0.15, 0.2) is 17.0 Å². The largest absolute Gasteiger partial charge is 0.486 e. The topological polar surface area (TPSA) is 102 Å². The predicted octanol–water partition coefficient (Wildman–Crippen LogP) is 0.565. The van der Waals surface area contributed by atoms with Gasteiger partial charge < -0.3 is 19.3 Å². The van der Waals surface area contributed by atoms with Gasteiger partial charge in [0.25, 0.3) is 0 Å². The van der Waals surface area contributed by atoms with Gasteiger partial charge >= 0.3 is 5.97 Å². The standard InChI is InChI=1S/C14H17NO7S/c1-9-8-20-3-2-15(9)23(18,19)10-6-11(14(16)17)13-12(7-10)21-4-5-22-13/h6-7,9H,2-5,8H2,1H3,(H,16,17)/t9-/m0/s1. The zero-order valence-electron chi connectivity index (χ0n) is 12.5. The molecule has 1 N–H and O–H groups in total. The smallest absolute Gasteiger partial charge is 0.339 e. The Balaban J connectivity index is 2.08. The Kier molecular flexibility index (Phi) is 4.17. The second kappa shape index (κ2) is 5.99. The van der Waals surface area contributed by atoms with Crippen molar-refractivity contribution in [2.45, 2.75) is 17.9 Å². The second-order valence-electron chi connectivity index (χ2n) is 5.34. The first-order valence-electron chi connectivity index (χ1n) is 7.18. The summed E-state index contributed by atoms with van der Waals surface area (Å²) in [6.45, 7) is 3.03. The van der Waals surface area contributed by atoms with Crippen molar-refractivity contribution >= 4 is 16.0 Å². The van der Waals surface area contributed by atoms with E-state index in [-0.39, 0.29) is 47.8 Å². The molecule has 0 amide bonds. The van der Waals surface area contributed by atoms with Crippen LogP contribution in [-0.2, 0) is 14.8 Å². The van der Waals surface area contributed by atoms with E-state index in [2.05, 4.69) is 0 Å². The van der Waals surface area contributed by atoms with Crippen LogP contribution in [0.3, 0.4) is 0 Å². The van der Waals surface area contributed by atoms with Crippen LogP contribution in [0.1, 0.15) is 17.3 Å². The summed E-state index contributed by atoms with van der Waals surface area (Å²) in [6.07, 6.45) is 0. The van der Waals surface area contributed by atoms with Crippen molar-refractivity contribution in [3.8, 4) is 11.5 Å². The monoisotopic (exact) mass is 343 g/mol. The number of fused-ring (bicyclic) bond motifs is 1. The van der Waals surface area contributed by atoms with E-state index in [1.165, 1.54) is 10.4 Å². The lowest BCUT2D eigenvalue weighted by Crippen LogP contribution is -2.47. The van der Waals surface area contributed by atoms with E-state index < -0.39 is 16.0 Å². The Morgan fingerprint density at radius 1 is 1.26 bits per heavy atom. The number of carboxylic acid groups (broad SMARTS) is 1. The molecule has 1 aromatic rings. The average molecular weight is 343 g/mol. The lowest BCUT2D eigenvalue weighted by Gasteiger charge is -2.32. The highest BCUT2D eigenvalue weighted by atomic mass is 32.2. The Morgan fingerprint density at radius 3 is 2.70 bits per heavy atom. The Morgan fingerprint density at radius 2 is 2.00 bits per heavy atom. The third kappa shape index (κ3) is 2.87. The molecule has 2 heterocycles. The molecule has 0 aromatic heterocycles. The van der Waals surface area contributed by atoms with Gasteiger partial charge in [-0.3, -0.25) is 0 Å². The van der Waals surface area contributed by atoms with E-state index in [1.54, 1.807) is 6.92 Å². The highest BCUT2D eigenvalue weighted by Crippen LogP contribution is 2.37. The van der Waals surface area contributed by atoms with Crippen molar-refractivity contribution in [3.05, 3.63) is 17.7 Å². The van der Waals surface area contributed by atoms with Gasteiger partial charge in [-0.25, -0.2) is 13.2 Å². The number of hydrogen-bond acceptors (Lipinski definition) is 6. The lowest BCUT2D eigenvalue weighted by atomic mass is 10.2. The molecule has 8 nitrogen and oxygen atoms in total. The van der Waals surface area contributed by atoms with Crippen LogP contribution in [0.2, 0.25) is 0 Å². The molecule has 0 saturated carbocycles. The summed E-state index contributed by atoms with van der Waals surface area (Å²) in [7, 11) is -3.85. The summed E-state index contributed by atoms with van der Waals surface area (Å²) in [5.74, 6) is -1.06. The number of benzene rings is 1. The highest BCUT2D eigenvalue weighted by Gasteiger charge is 2.34. The van der Waals surface area contributed by atoms with Crippen LogP contribution in [0, 0.1) is 0 Å². The fourth-order valence-corrected chi connectivity index (χ4v) is 4.28. The summed E-state index contributed by atoms with van der Waals surface area (Å²) in [6, 6.07) is 2.11. The number of hydrogen-bond donors (Lipinski definition) is 1. The Bertz CT molecular complexity index is 731. The molecular formula is C14H17NO7S. The molecule has 0 spiro atoms. The second-order valence-corrected chi connectivity index (χ2v) is 7.23. The van der Waals surface area contributed by atoms with Gasteiger partial charge in [0.1, 0.15) is 18.8 Å². The van der Waals surface area contributed by atoms with Crippen LogP contribution < -0.4 is 9.47 Å². The molecule has 3 rings (SSSR count). The van der Waals surface area contributed by atoms with Gasteiger partial charge in [-0.2, -0.15) is 4.31 Å². The molecule has 1 aromatic carbocycles. The van der Waals surface area contributed by atoms with E-state index in [9.17, 15) is 18.3 Å². The normalized spacial score (nSPS) is 21.9. The van der Waals surface area contributed by atoms with Crippen molar-refractivity contribution in [2.24, 2.45) is 0 Å². The zero-order chi connectivity index (χ0) is 16.6. The highest BCUT2D eigenvalue weighted by molar-refractivity contribution is 7.89. The molecule has 0 bridgehead atoms. The summed E-state index contributed by atoms with van der Waals surface area (Å²) >= 11 is 0. The van der Waals surface area contributed by atoms with Gasteiger partial charge in [-0.1, -0.05) is 0 Å². The van der Waals surface area contributed by atoms with E-state index >= 15 is 0 Å². The van der Waals surface area contributed by atoms with Crippen LogP contribution in [0.5, 0.6) is 11.5 Å². The minimum Gasteiger partial charge on any atom is -0.486 e. The molecule has 9 heteroatoms. The van der Waals surface area contributed by atoms with Crippen LogP contribution in [0.4, 0.5) is 0 Å². The number of carboxylic acids is 1. The lowest BCUT2D eigenvalue weighted by molar-refractivity contribution is 0.0392. The average Bonchev–Trinajstić information content (AvgIpc) is 2.53. The number of sulfonamides is 1. The van der Waals surface area contributed by atoms with E-state index in [0.29, 0.717) is 13.2 Å². The van der Waals surface area contributed by atoms with Gasteiger partial charge in [-0.05, 0) is 13.0 Å². The van der Waals surface area contributed by atoms with Gasteiger partial charge in [0.15, 0.2) is 11.5 Å². The number of carbonyl (C=O) groups is 1. The maximum Gasteiger partial charge on any atom is 0.339 e. The first-order chi connectivity index (χ1) is 10.9. The molecule has 126 valence electrons. The van der Waals surface area contributed by atoms with Crippen molar-refractivity contribution in [1.82, 2.24) is 4.31 Å². The quantitative estimate of drug-likeness (QED) is 0.855. The molecule has 2 aliphatic rings. The molecule has 0 radical (unpaired) electrons. The van der Waals surface area contributed by atoms with Gasteiger partial charge in [0.05, 0.1) is 18.1 Å². The number of rotatable bonds is 3. The summed E-state index contributed by atoms with van der Waals surface area (Å²) in [5.41, 5.74) is -0.221. The predicted molar refractivity (Wildman–Crippen MR) is 78.6 cm³/mol. The SMILES string of the molecule is C[C@H]1COCCN1S(=O)(=O)c1cc2c(c(C(=O)O)c1)OCCO2. The first kappa shape index (κ1) is 16.0. The molecule has 1 fully saturated rings. The maximum atomic E-state index is 12.8. The third-order valence-corrected chi connectivity index (χ3v) is 5.75. The number of morpholine rings is 1. The van der Waals surface area contributed by atoms with Crippen LogP contribution in [0.25, 0.3) is 0 Å². The van der Waals surface area contributed by atoms with E-state index in [0.717, 1.165) is 6.07 Å². The molecule has 1 saturated heterocycles. The Hall–Kier alpha value is -1.84. The van der Waals surface area contributed by atoms with Crippen molar-refractivity contribution in [1.29, 1.82) is 0 Å². The minimum atomic E-state index is -3.85. The third-order valence-electron chi connectivity index (χ3n) is 3.76. The van der Waals surface area contributed by atoms with Crippen LogP contribution in [-0.4, -0.2) is 62.8 Å². The summed E-state index contributed by atoms with van der Waals surface area (Å²) in [5, 5.41) is 9.33. The summed E-state index contributed by atoms with van der Waals surface area (Å²) < 4.78 is 42.9. The van der Waals surface area contributed by atoms with Crippen molar-refractivity contribution < 1.29 is 32.5 Å². The molecule has 0 aliphatic carbocycles. The molecule has 2 aliphatic heterocycles. The number of ether oxygens (including phenoxy) is 3. The minimum absolute atomic E-state index is 0.0673. The zero-order valence-corrected chi connectivity index (χ0v) is 13.3. The molecular weight excluding hydrogens is 326 g/mol. The van der Waals surface area contributed by atoms with E-state index in [4.69, 9.17) is 14.2 Å². The molecule has 1 atom stereocenters. The molecule has 0 unspecified atom stereocenters. The fourth-order valence-electron chi connectivity index (χ4n) is 2.64. The maximum absolute atomic E-state index is 12.8. The fraction of sp³-hybridized carbons (Fsp3) is 0.500. The van der Waals surface area contributed by atoms with Gasteiger partial charge in [-0.15, -0.1) is 0 Å². The first-order valence-corrected chi connectivity index (χ1v) is 8.62. The number of nitrogens with zero attached hydrogens (tertiary/aromatic N) is 1. The van der Waals surface area contributed by atoms with Gasteiger partial charge in [0, 0.05) is 18.7 Å². The van der Waals surface area contributed by atoms with Gasteiger partial charge in [0.2, 0.25) is 10.0 Å².